The van der Waals surface area contributed by atoms with E-state index in [1.165, 1.54) is 0 Å². The van der Waals surface area contributed by atoms with Crippen molar-refractivity contribution in [3.63, 3.8) is 0 Å². The van der Waals surface area contributed by atoms with Crippen LogP contribution >= 0.6 is 46.3 Å². The molecular formula is C18H14Cl2N2OS2. The van der Waals surface area contributed by atoms with Crippen molar-refractivity contribution in [3.05, 3.63) is 75.2 Å². The van der Waals surface area contributed by atoms with E-state index in [2.05, 4.69) is 10.3 Å². The quantitative estimate of drug-likeness (QED) is 0.514. The van der Waals surface area contributed by atoms with Crippen LogP contribution in [0.1, 0.15) is 11.3 Å². The Kier molecular flexibility index (Phi) is 6.37. The summed E-state index contributed by atoms with van der Waals surface area (Å²) in [5.74, 6) is 0.698. The fourth-order valence-corrected chi connectivity index (χ4v) is 4.24. The van der Waals surface area contributed by atoms with Gasteiger partial charge >= 0.3 is 0 Å². The molecule has 25 heavy (non-hydrogen) atoms. The molecule has 0 spiro atoms. The van der Waals surface area contributed by atoms with Gasteiger partial charge in [0.05, 0.1) is 12.1 Å². The van der Waals surface area contributed by atoms with E-state index < -0.39 is 0 Å². The summed E-state index contributed by atoms with van der Waals surface area (Å²) >= 11 is 15.0. The van der Waals surface area contributed by atoms with Crippen LogP contribution in [0.5, 0.6) is 0 Å². The molecule has 0 aliphatic rings. The summed E-state index contributed by atoms with van der Waals surface area (Å²) in [6.45, 7) is 0. The van der Waals surface area contributed by atoms with Crippen LogP contribution < -0.4 is 5.32 Å². The van der Waals surface area contributed by atoms with Gasteiger partial charge in [-0.15, -0.1) is 11.3 Å². The Balaban J connectivity index is 1.52. The van der Waals surface area contributed by atoms with Gasteiger partial charge in [0.15, 0.2) is 0 Å². The maximum absolute atomic E-state index is 12.1. The van der Waals surface area contributed by atoms with Crippen molar-refractivity contribution < 1.29 is 4.79 Å². The molecule has 0 atom stereocenters. The molecule has 0 fully saturated rings. The topological polar surface area (TPSA) is 42.0 Å². The molecule has 3 rings (SSSR count). The van der Waals surface area contributed by atoms with Gasteiger partial charge in [-0.2, -0.15) is 0 Å². The molecule has 0 bridgehead atoms. The smallest absolute Gasteiger partial charge is 0.230 e. The van der Waals surface area contributed by atoms with E-state index >= 15 is 0 Å². The fourth-order valence-electron chi connectivity index (χ4n) is 2.11. The highest BCUT2D eigenvalue weighted by Crippen LogP contribution is 2.27. The van der Waals surface area contributed by atoms with Crippen LogP contribution in [0.25, 0.3) is 0 Å². The maximum atomic E-state index is 12.1. The summed E-state index contributed by atoms with van der Waals surface area (Å²) in [4.78, 5) is 16.6. The van der Waals surface area contributed by atoms with Crippen molar-refractivity contribution in [3.8, 4) is 0 Å². The number of nitrogens with one attached hydrogen (secondary N) is 1. The van der Waals surface area contributed by atoms with Crippen LogP contribution in [0.2, 0.25) is 10.0 Å². The Morgan fingerprint density at radius 3 is 2.68 bits per heavy atom. The molecule has 0 unspecified atom stereocenters. The molecule has 1 amide bonds. The third-order valence-corrected chi connectivity index (χ3v) is 5.88. The zero-order chi connectivity index (χ0) is 17.6. The van der Waals surface area contributed by atoms with Crippen LogP contribution in [-0.4, -0.2) is 10.9 Å². The molecule has 0 radical (unpaired) electrons. The lowest BCUT2D eigenvalue weighted by molar-refractivity contribution is -0.115. The average molecular weight is 409 g/mol. The van der Waals surface area contributed by atoms with Crippen molar-refractivity contribution >= 4 is 57.9 Å². The lowest BCUT2D eigenvalue weighted by Crippen LogP contribution is -2.14. The highest BCUT2D eigenvalue weighted by Gasteiger charge is 2.09. The summed E-state index contributed by atoms with van der Waals surface area (Å²) < 4.78 is 0.939. The number of hydrogen-bond donors (Lipinski definition) is 1. The number of thioether (sulfide) groups is 1. The number of benzene rings is 2. The minimum atomic E-state index is -0.0981. The van der Waals surface area contributed by atoms with E-state index in [9.17, 15) is 4.79 Å². The standard InChI is InChI=1S/C18H14Cl2N2OS2/c19-13-4-6-15(7-5-13)21-17(23)9-16-11-25-18(22-16)24-10-12-2-1-3-14(20)8-12/h1-8,11H,9-10H2,(H,21,23). The zero-order valence-electron chi connectivity index (χ0n) is 13.0. The predicted octanol–water partition coefficient (Wildman–Crippen LogP) is 5.92. The average Bonchev–Trinajstić information content (AvgIpc) is 3.02. The molecule has 3 aromatic rings. The number of thiazole rings is 1. The van der Waals surface area contributed by atoms with Crippen molar-refractivity contribution in [1.29, 1.82) is 0 Å². The first-order chi connectivity index (χ1) is 12.1. The summed E-state index contributed by atoms with van der Waals surface area (Å²) in [7, 11) is 0. The number of carbonyl (C=O) groups is 1. The molecule has 1 N–H and O–H groups in total. The third-order valence-electron chi connectivity index (χ3n) is 3.25. The van der Waals surface area contributed by atoms with E-state index in [0.717, 1.165) is 32.1 Å². The van der Waals surface area contributed by atoms with E-state index in [-0.39, 0.29) is 12.3 Å². The molecule has 128 valence electrons. The Morgan fingerprint density at radius 2 is 1.92 bits per heavy atom. The molecular weight excluding hydrogens is 395 g/mol. The van der Waals surface area contributed by atoms with Gasteiger partial charge in [0.25, 0.3) is 0 Å². The number of carbonyl (C=O) groups excluding carboxylic acids is 1. The van der Waals surface area contributed by atoms with E-state index in [1.807, 2.05) is 29.6 Å². The monoisotopic (exact) mass is 408 g/mol. The molecule has 0 aliphatic heterocycles. The summed E-state index contributed by atoms with van der Waals surface area (Å²) in [5.41, 5.74) is 2.64. The normalized spacial score (nSPS) is 10.6. The van der Waals surface area contributed by atoms with Crippen molar-refractivity contribution in [2.45, 2.75) is 16.5 Å². The van der Waals surface area contributed by atoms with Gasteiger partial charge in [-0.3, -0.25) is 4.79 Å². The first kappa shape index (κ1) is 18.3. The van der Waals surface area contributed by atoms with Gasteiger partial charge in [0, 0.05) is 26.9 Å². The summed E-state index contributed by atoms with van der Waals surface area (Å²) in [5, 5.41) is 6.13. The van der Waals surface area contributed by atoms with Crippen LogP contribution in [0.15, 0.2) is 58.3 Å². The van der Waals surface area contributed by atoms with Crippen molar-refractivity contribution in [2.24, 2.45) is 0 Å². The van der Waals surface area contributed by atoms with E-state index in [0.29, 0.717) is 5.02 Å². The van der Waals surface area contributed by atoms with Gasteiger partial charge in [-0.1, -0.05) is 47.1 Å². The number of aromatic nitrogens is 1. The van der Waals surface area contributed by atoms with Crippen LogP contribution in [0.4, 0.5) is 5.69 Å². The van der Waals surface area contributed by atoms with Crippen LogP contribution in [-0.2, 0) is 17.0 Å². The first-order valence-corrected chi connectivity index (χ1v) is 10.1. The van der Waals surface area contributed by atoms with Gasteiger partial charge < -0.3 is 5.32 Å². The van der Waals surface area contributed by atoms with Crippen LogP contribution in [0, 0.1) is 0 Å². The van der Waals surface area contributed by atoms with E-state index in [4.69, 9.17) is 23.2 Å². The zero-order valence-corrected chi connectivity index (χ0v) is 16.2. The van der Waals surface area contributed by atoms with Gasteiger partial charge in [-0.25, -0.2) is 4.98 Å². The number of hydrogen-bond acceptors (Lipinski definition) is 4. The number of nitrogens with zero attached hydrogens (tertiary/aromatic N) is 1. The molecule has 2 aromatic carbocycles. The largest absolute Gasteiger partial charge is 0.326 e. The van der Waals surface area contributed by atoms with Crippen LogP contribution in [0.3, 0.4) is 0 Å². The minimum Gasteiger partial charge on any atom is -0.326 e. The van der Waals surface area contributed by atoms with E-state index in [1.54, 1.807) is 47.4 Å². The van der Waals surface area contributed by atoms with Gasteiger partial charge in [-0.05, 0) is 42.0 Å². The Labute approximate surface area is 164 Å². The highest BCUT2D eigenvalue weighted by molar-refractivity contribution is 8.00. The van der Waals surface area contributed by atoms with Crippen molar-refractivity contribution in [1.82, 2.24) is 4.98 Å². The number of amides is 1. The number of anilines is 1. The summed E-state index contributed by atoms with van der Waals surface area (Å²) in [6, 6.07) is 14.8. The minimum absolute atomic E-state index is 0.0981. The lowest BCUT2D eigenvalue weighted by atomic mass is 10.2. The first-order valence-electron chi connectivity index (χ1n) is 7.45. The molecule has 3 nitrogen and oxygen atoms in total. The lowest BCUT2D eigenvalue weighted by Gasteiger charge is -2.03. The molecule has 1 aromatic heterocycles. The molecule has 0 aliphatic carbocycles. The second-order valence-electron chi connectivity index (χ2n) is 5.26. The third kappa shape index (κ3) is 5.75. The van der Waals surface area contributed by atoms with Crippen molar-refractivity contribution in [2.75, 3.05) is 5.32 Å². The Bertz CT molecular complexity index is 866. The number of halogens is 2. The fraction of sp³-hybridized carbons (Fsp3) is 0.111. The van der Waals surface area contributed by atoms with Gasteiger partial charge in [0.1, 0.15) is 4.34 Å². The highest BCUT2D eigenvalue weighted by atomic mass is 35.5. The molecule has 7 heteroatoms. The SMILES string of the molecule is O=C(Cc1csc(SCc2cccc(Cl)c2)n1)Nc1ccc(Cl)cc1. The Hall–Kier alpha value is -1.53. The second-order valence-corrected chi connectivity index (χ2v) is 8.21. The maximum Gasteiger partial charge on any atom is 0.230 e. The summed E-state index contributed by atoms with van der Waals surface area (Å²) in [6.07, 6.45) is 0.247. The molecule has 0 saturated heterocycles. The second kappa shape index (κ2) is 8.72. The number of rotatable bonds is 6. The Morgan fingerprint density at radius 1 is 1.12 bits per heavy atom. The molecule has 0 saturated carbocycles. The van der Waals surface area contributed by atoms with Gasteiger partial charge in [0.2, 0.25) is 5.91 Å². The predicted molar refractivity (Wildman–Crippen MR) is 107 cm³/mol. The molecule has 1 heterocycles.